The van der Waals surface area contributed by atoms with Crippen molar-refractivity contribution in [3.63, 3.8) is 0 Å². The molecule has 35 heavy (non-hydrogen) atoms. The predicted octanol–water partition coefficient (Wildman–Crippen LogP) is 5.58. The Morgan fingerprint density at radius 1 is 0.943 bits per heavy atom. The quantitative estimate of drug-likeness (QED) is 0.486. The number of anilines is 1. The lowest BCUT2D eigenvalue weighted by atomic mass is 9.94. The van der Waals surface area contributed by atoms with Gasteiger partial charge >= 0.3 is 5.97 Å². The largest absolute Gasteiger partial charge is 0.496 e. The molecule has 0 saturated heterocycles. The van der Waals surface area contributed by atoms with Gasteiger partial charge in [0.15, 0.2) is 0 Å². The SMILES string of the molecule is COc1cc(-c2ccc(NC(=O)[C@H]3CCC[C@H]3C(=O)O)cc2COC2CCCC2)cc(OC)c1C. The minimum atomic E-state index is -0.897. The zero-order chi connectivity index (χ0) is 24.9. The maximum atomic E-state index is 12.9. The average molecular weight is 482 g/mol. The number of amides is 1. The lowest BCUT2D eigenvalue weighted by Gasteiger charge is -2.19. The minimum Gasteiger partial charge on any atom is -0.496 e. The molecule has 7 heteroatoms. The first-order chi connectivity index (χ1) is 16.9. The molecule has 0 aliphatic heterocycles. The van der Waals surface area contributed by atoms with E-state index in [1.165, 1.54) is 12.8 Å². The van der Waals surface area contributed by atoms with E-state index < -0.39 is 17.8 Å². The van der Waals surface area contributed by atoms with Crippen molar-refractivity contribution in [3.05, 3.63) is 41.5 Å². The molecule has 2 fully saturated rings. The molecule has 2 aliphatic carbocycles. The molecule has 2 saturated carbocycles. The molecule has 0 heterocycles. The van der Waals surface area contributed by atoms with Gasteiger partial charge in [-0.25, -0.2) is 0 Å². The van der Waals surface area contributed by atoms with Crippen LogP contribution in [0.3, 0.4) is 0 Å². The average Bonchev–Trinajstić information content (AvgIpc) is 3.55. The van der Waals surface area contributed by atoms with E-state index in [0.29, 0.717) is 25.1 Å². The summed E-state index contributed by atoms with van der Waals surface area (Å²) in [6, 6.07) is 9.73. The number of rotatable bonds is 9. The fraction of sp³-hybridized carbons (Fsp3) is 0.500. The maximum absolute atomic E-state index is 12.9. The first-order valence-corrected chi connectivity index (χ1v) is 12.4. The van der Waals surface area contributed by atoms with Crippen LogP contribution in [0.1, 0.15) is 56.1 Å². The van der Waals surface area contributed by atoms with E-state index in [9.17, 15) is 14.7 Å². The predicted molar refractivity (Wildman–Crippen MR) is 134 cm³/mol. The maximum Gasteiger partial charge on any atom is 0.307 e. The Morgan fingerprint density at radius 3 is 2.23 bits per heavy atom. The Hall–Kier alpha value is -3.06. The van der Waals surface area contributed by atoms with Crippen molar-refractivity contribution in [1.82, 2.24) is 0 Å². The van der Waals surface area contributed by atoms with Crippen molar-refractivity contribution in [3.8, 4) is 22.6 Å². The zero-order valence-electron chi connectivity index (χ0n) is 20.8. The highest BCUT2D eigenvalue weighted by atomic mass is 16.5. The molecule has 0 unspecified atom stereocenters. The lowest BCUT2D eigenvalue weighted by molar-refractivity contribution is -0.145. The van der Waals surface area contributed by atoms with Crippen LogP contribution in [0.15, 0.2) is 30.3 Å². The highest BCUT2D eigenvalue weighted by molar-refractivity contribution is 5.95. The molecular formula is C28H35NO6. The van der Waals surface area contributed by atoms with Crippen LogP contribution < -0.4 is 14.8 Å². The van der Waals surface area contributed by atoms with E-state index in [0.717, 1.165) is 53.0 Å². The third-order valence-electron chi connectivity index (χ3n) is 7.38. The Kier molecular flexibility index (Phi) is 7.96. The molecule has 0 spiro atoms. The molecule has 1 amide bonds. The summed E-state index contributed by atoms with van der Waals surface area (Å²) in [5.74, 6) is -0.779. The Bertz CT molecular complexity index is 1050. The number of hydrogen-bond acceptors (Lipinski definition) is 5. The van der Waals surface area contributed by atoms with Gasteiger partial charge in [-0.2, -0.15) is 0 Å². The highest BCUT2D eigenvalue weighted by Gasteiger charge is 2.37. The van der Waals surface area contributed by atoms with Crippen LogP contribution >= 0.6 is 0 Å². The summed E-state index contributed by atoms with van der Waals surface area (Å²) in [6.07, 6.45) is 6.65. The van der Waals surface area contributed by atoms with Crippen LogP contribution in [-0.2, 0) is 20.9 Å². The first-order valence-electron chi connectivity index (χ1n) is 12.4. The Morgan fingerprint density at radius 2 is 1.60 bits per heavy atom. The third kappa shape index (κ3) is 5.61. The summed E-state index contributed by atoms with van der Waals surface area (Å²) in [5, 5.41) is 12.4. The second kappa shape index (κ2) is 11.1. The van der Waals surface area contributed by atoms with Gasteiger partial charge in [-0.05, 0) is 73.6 Å². The van der Waals surface area contributed by atoms with Gasteiger partial charge in [0.1, 0.15) is 11.5 Å². The zero-order valence-corrected chi connectivity index (χ0v) is 20.8. The molecule has 0 aromatic heterocycles. The molecule has 2 atom stereocenters. The second-order valence-electron chi connectivity index (χ2n) is 9.57. The summed E-state index contributed by atoms with van der Waals surface area (Å²) in [4.78, 5) is 24.5. The fourth-order valence-electron chi connectivity index (χ4n) is 5.38. The number of carboxylic acid groups (broad SMARTS) is 1. The topological polar surface area (TPSA) is 94.1 Å². The van der Waals surface area contributed by atoms with Crippen molar-refractivity contribution >= 4 is 17.6 Å². The number of carbonyl (C=O) groups excluding carboxylic acids is 1. The molecule has 188 valence electrons. The number of carboxylic acids is 1. The number of ether oxygens (including phenoxy) is 3. The van der Waals surface area contributed by atoms with Crippen LogP contribution in [0.25, 0.3) is 11.1 Å². The van der Waals surface area contributed by atoms with Crippen molar-refractivity contribution in [1.29, 1.82) is 0 Å². The van der Waals surface area contributed by atoms with Gasteiger partial charge in [0.25, 0.3) is 0 Å². The molecule has 2 aromatic carbocycles. The summed E-state index contributed by atoms with van der Waals surface area (Å²) >= 11 is 0. The van der Waals surface area contributed by atoms with Gasteiger partial charge in [-0.3, -0.25) is 9.59 Å². The van der Waals surface area contributed by atoms with Gasteiger partial charge in [0.05, 0.1) is 38.8 Å². The normalized spacial score (nSPS) is 20.1. The second-order valence-corrected chi connectivity index (χ2v) is 9.57. The van der Waals surface area contributed by atoms with Gasteiger partial charge in [-0.15, -0.1) is 0 Å². The molecule has 2 aliphatic rings. The molecule has 0 bridgehead atoms. The highest BCUT2D eigenvalue weighted by Crippen LogP contribution is 2.38. The molecule has 7 nitrogen and oxygen atoms in total. The van der Waals surface area contributed by atoms with E-state index >= 15 is 0 Å². The smallest absolute Gasteiger partial charge is 0.307 e. The number of hydrogen-bond donors (Lipinski definition) is 2. The Balaban J connectivity index is 1.64. The summed E-state index contributed by atoms with van der Waals surface area (Å²) in [5.41, 5.74) is 4.43. The van der Waals surface area contributed by atoms with Gasteiger partial charge in [0, 0.05) is 11.3 Å². The lowest BCUT2D eigenvalue weighted by Crippen LogP contribution is -2.30. The van der Waals surface area contributed by atoms with E-state index in [1.807, 2.05) is 37.3 Å². The van der Waals surface area contributed by atoms with E-state index in [2.05, 4.69) is 5.32 Å². The van der Waals surface area contributed by atoms with Gasteiger partial charge in [-0.1, -0.05) is 25.3 Å². The summed E-state index contributed by atoms with van der Waals surface area (Å²) in [6.45, 7) is 2.38. The van der Waals surface area contributed by atoms with Crippen LogP contribution in [0, 0.1) is 18.8 Å². The third-order valence-corrected chi connectivity index (χ3v) is 7.38. The van der Waals surface area contributed by atoms with Crippen molar-refractivity contribution < 1.29 is 28.9 Å². The number of methoxy groups -OCH3 is 2. The van der Waals surface area contributed by atoms with Crippen LogP contribution in [0.5, 0.6) is 11.5 Å². The monoisotopic (exact) mass is 481 g/mol. The fourth-order valence-corrected chi connectivity index (χ4v) is 5.38. The number of benzene rings is 2. The van der Waals surface area contributed by atoms with Gasteiger partial charge in [0.2, 0.25) is 5.91 Å². The van der Waals surface area contributed by atoms with Gasteiger partial charge < -0.3 is 24.6 Å². The molecular weight excluding hydrogens is 446 g/mol. The number of nitrogens with one attached hydrogen (secondary N) is 1. The first kappa shape index (κ1) is 25.0. The van der Waals surface area contributed by atoms with Crippen LogP contribution in [0.4, 0.5) is 5.69 Å². The van der Waals surface area contributed by atoms with E-state index in [-0.39, 0.29) is 12.0 Å². The van der Waals surface area contributed by atoms with Crippen LogP contribution in [0.2, 0.25) is 0 Å². The van der Waals surface area contributed by atoms with Crippen molar-refractivity contribution in [2.24, 2.45) is 11.8 Å². The van der Waals surface area contributed by atoms with Crippen molar-refractivity contribution in [2.75, 3.05) is 19.5 Å². The molecule has 4 rings (SSSR count). The number of aliphatic carboxylic acids is 1. The van der Waals surface area contributed by atoms with Crippen LogP contribution in [-0.4, -0.2) is 37.3 Å². The summed E-state index contributed by atoms with van der Waals surface area (Å²) < 4.78 is 17.4. The Labute approximate surface area is 206 Å². The summed E-state index contributed by atoms with van der Waals surface area (Å²) in [7, 11) is 3.28. The molecule has 0 radical (unpaired) electrons. The van der Waals surface area contributed by atoms with E-state index in [1.54, 1.807) is 14.2 Å². The standard InChI is InChI=1S/C28H35NO6/c1-17-25(33-2)14-18(15-26(17)34-3)22-12-11-20(13-19(22)16-35-21-7-4-5-8-21)29-27(30)23-9-6-10-24(23)28(31)32/h11-15,21,23-24H,4-10,16H2,1-3H3,(H,29,30)(H,31,32)/t23-,24+/m0/s1. The molecule has 2 N–H and O–H groups in total. The number of carbonyl (C=O) groups is 2. The van der Waals surface area contributed by atoms with E-state index in [4.69, 9.17) is 14.2 Å². The molecule has 2 aromatic rings. The van der Waals surface area contributed by atoms with Crippen molar-refractivity contribution in [2.45, 2.75) is 64.6 Å². The minimum absolute atomic E-state index is 0.232.